The lowest BCUT2D eigenvalue weighted by atomic mass is 10.3. The molecule has 0 saturated carbocycles. The molecule has 0 aromatic heterocycles. The van der Waals surface area contributed by atoms with E-state index >= 15 is 0 Å². The quantitative estimate of drug-likeness (QED) is 0.468. The van der Waals surface area contributed by atoms with Crippen molar-refractivity contribution in [1.29, 1.82) is 0 Å². The maximum atomic E-state index is 12.0. The Morgan fingerprint density at radius 1 is 1.26 bits per heavy atom. The summed E-state index contributed by atoms with van der Waals surface area (Å²) in [6.45, 7) is 4.61. The third kappa shape index (κ3) is 4.96. The molecule has 0 aliphatic rings. The van der Waals surface area contributed by atoms with Gasteiger partial charge in [0, 0.05) is 18.2 Å². The lowest BCUT2D eigenvalue weighted by Gasteiger charge is -2.08. The smallest absolute Gasteiger partial charge is 0.269 e. The first-order chi connectivity index (χ1) is 8.83. The number of nitro groups is 1. The molecule has 0 atom stereocenters. The number of rotatable bonds is 7. The Bertz CT molecular complexity index is 523. The number of nitro benzene ring substituents is 1. The number of sulfone groups is 1. The molecule has 0 aliphatic heterocycles. The first kappa shape index (κ1) is 15.6. The van der Waals surface area contributed by atoms with E-state index in [0.717, 1.165) is 0 Å². The summed E-state index contributed by atoms with van der Waals surface area (Å²) in [6.07, 6.45) is 0.511. The Labute approximate surface area is 112 Å². The second-order valence-corrected chi connectivity index (χ2v) is 6.64. The van der Waals surface area contributed by atoms with Crippen LogP contribution in [-0.2, 0) is 9.84 Å². The summed E-state index contributed by atoms with van der Waals surface area (Å²) >= 11 is 0. The van der Waals surface area contributed by atoms with Gasteiger partial charge in [0.05, 0.1) is 15.6 Å². The lowest BCUT2D eigenvalue weighted by Crippen LogP contribution is -2.25. The molecule has 0 radical (unpaired) electrons. The van der Waals surface area contributed by atoms with E-state index in [9.17, 15) is 18.5 Å². The highest BCUT2D eigenvalue weighted by Crippen LogP contribution is 2.17. The Morgan fingerprint density at radius 3 is 2.32 bits per heavy atom. The van der Waals surface area contributed by atoms with Gasteiger partial charge in [-0.25, -0.2) is 8.42 Å². The van der Waals surface area contributed by atoms with Gasteiger partial charge in [-0.2, -0.15) is 0 Å². The molecule has 0 bridgehead atoms. The maximum Gasteiger partial charge on any atom is 0.269 e. The summed E-state index contributed by atoms with van der Waals surface area (Å²) in [7, 11) is -3.36. The van der Waals surface area contributed by atoms with Gasteiger partial charge in [0.25, 0.3) is 5.69 Å². The largest absolute Gasteiger partial charge is 0.314 e. The van der Waals surface area contributed by atoms with Crippen LogP contribution in [0.3, 0.4) is 0 Å². The zero-order valence-electron chi connectivity index (χ0n) is 11.0. The van der Waals surface area contributed by atoms with Gasteiger partial charge < -0.3 is 5.32 Å². The fourth-order valence-corrected chi connectivity index (χ4v) is 2.86. The molecule has 1 aromatic rings. The van der Waals surface area contributed by atoms with Crippen molar-refractivity contribution >= 4 is 15.5 Å². The second-order valence-electron chi connectivity index (χ2n) is 4.53. The molecule has 1 rings (SSSR count). The predicted octanol–water partition coefficient (Wildman–Crippen LogP) is 1.76. The van der Waals surface area contributed by atoms with Crippen molar-refractivity contribution in [3.05, 3.63) is 34.4 Å². The van der Waals surface area contributed by atoms with Crippen molar-refractivity contribution in [3.8, 4) is 0 Å². The van der Waals surface area contributed by atoms with Crippen LogP contribution in [-0.4, -0.2) is 31.7 Å². The molecule has 0 heterocycles. The molecule has 6 nitrogen and oxygen atoms in total. The van der Waals surface area contributed by atoms with Gasteiger partial charge in [0.2, 0.25) is 0 Å². The van der Waals surface area contributed by atoms with Gasteiger partial charge in [-0.05, 0) is 25.1 Å². The van der Waals surface area contributed by atoms with Gasteiger partial charge in [-0.15, -0.1) is 0 Å². The van der Waals surface area contributed by atoms with Crippen LogP contribution >= 0.6 is 0 Å². The van der Waals surface area contributed by atoms with E-state index in [-0.39, 0.29) is 16.3 Å². The van der Waals surface area contributed by atoms with E-state index in [1.165, 1.54) is 24.3 Å². The van der Waals surface area contributed by atoms with E-state index in [0.29, 0.717) is 19.0 Å². The number of nitrogens with zero attached hydrogens (tertiary/aromatic N) is 1. The predicted molar refractivity (Wildman–Crippen MR) is 72.9 cm³/mol. The van der Waals surface area contributed by atoms with E-state index in [2.05, 4.69) is 5.32 Å². The average Bonchev–Trinajstić information content (AvgIpc) is 2.34. The van der Waals surface area contributed by atoms with Crippen LogP contribution in [0.5, 0.6) is 0 Å². The molecule has 0 saturated heterocycles. The van der Waals surface area contributed by atoms with E-state index in [4.69, 9.17) is 0 Å². The van der Waals surface area contributed by atoms with Crippen LogP contribution in [0, 0.1) is 10.1 Å². The first-order valence-corrected chi connectivity index (χ1v) is 7.69. The molecule has 7 heteroatoms. The highest BCUT2D eigenvalue weighted by Gasteiger charge is 2.15. The maximum absolute atomic E-state index is 12.0. The van der Waals surface area contributed by atoms with Crippen molar-refractivity contribution in [2.24, 2.45) is 0 Å². The summed E-state index contributed by atoms with van der Waals surface area (Å²) in [5, 5.41) is 13.6. The zero-order chi connectivity index (χ0) is 14.5. The van der Waals surface area contributed by atoms with Gasteiger partial charge in [0.1, 0.15) is 0 Å². The minimum atomic E-state index is -3.36. The van der Waals surface area contributed by atoms with Crippen LogP contribution in [0.2, 0.25) is 0 Å². The Hall–Kier alpha value is -1.47. The highest BCUT2D eigenvalue weighted by atomic mass is 32.2. The molecule has 0 aliphatic carbocycles. The standard InChI is InChI=1S/C12H18N2O4S/c1-10(2)13-8-3-9-19(17,18)12-6-4-11(5-7-12)14(15)16/h4-7,10,13H,3,8-9H2,1-2H3. The third-order valence-electron chi connectivity index (χ3n) is 2.55. The van der Waals surface area contributed by atoms with Crippen molar-refractivity contribution in [3.63, 3.8) is 0 Å². The van der Waals surface area contributed by atoms with Crippen LogP contribution in [0.25, 0.3) is 0 Å². The Kier molecular flexibility index (Phi) is 5.44. The zero-order valence-corrected chi connectivity index (χ0v) is 11.8. The number of nitrogens with one attached hydrogen (secondary N) is 1. The van der Waals surface area contributed by atoms with Crippen LogP contribution in [0.1, 0.15) is 20.3 Å². The molecule has 0 fully saturated rings. The van der Waals surface area contributed by atoms with Gasteiger partial charge >= 0.3 is 0 Å². The topological polar surface area (TPSA) is 89.3 Å². The monoisotopic (exact) mass is 286 g/mol. The van der Waals surface area contributed by atoms with E-state index in [1.807, 2.05) is 13.8 Å². The molecule has 19 heavy (non-hydrogen) atoms. The fourth-order valence-electron chi connectivity index (χ4n) is 1.55. The van der Waals surface area contributed by atoms with E-state index < -0.39 is 14.8 Å². The van der Waals surface area contributed by atoms with Crippen molar-refractivity contribution < 1.29 is 13.3 Å². The molecular formula is C12H18N2O4S. The van der Waals surface area contributed by atoms with Crippen molar-refractivity contribution in [1.82, 2.24) is 5.32 Å². The van der Waals surface area contributed by atoms with Gasteiger partial charge in [-0.1, -0.05) is 13.8 Å². The minimum Gasteiger partial charge on any atom is -0.314 e. The van der Waals surface area contributed by atoms with Crippen molar-refractivity contribution in [2.45, 2.75) is 31.2 Å². The molecule has 0 spiro atoms. The summed E-state index contributed by atoms with van der Waals surface area (Å²) < 4.78 is 23.9. The van der Waals surface area contributed by atoms with Crippen LogP contribution in [0.15, 0.2) is 29.2 Å². The van der Waals surface area contributed by atoms with Crippen molar-refractivity contribution in [2.75, 3.05) is 12.3 Å². The van der Waals surface area contributed by atoms with Gasteiger partial charge in [0.15, 0.2) is 9.84 Å². The molecule has 1 N–H and O–H groups in total. The third-order valence-corrected chi connectivity index (χ3v) is 4.37. The number of hydrogen-bond acceptors (Lipinski definition) is 5. The minimum absolute atomic E-state index is 0.0323. The van der Waals surface area contributed by atoms with Crippen LogP contribution in [0.4, 0.5) is 5.69 Å². The Balaban J connectivity index is 2.64. The SMILES string of the molecule is CC(C)NCCCS(=O)(=O)c1ccc([N+](=O)[O-])cc1. The number of non-ortho nitro benzene ring substituents is 1. The lowest BCUT2D eigenvalue weighted by molar-refractivity contribution is -0.384. The molecular weight excluding hydrogens is 268 g/mol. The van der Waals surface area contributed by atoms with Crippen LogP contribution < -0.4 is 5.32 Å². The summed E-state index contributed by atoms with van der Waals surface area (Å²) in [5.41, 5.74) is -0.111. The highest BCUT2D eigenvalue weighted by molar-refractivity contribution is 7.91. The Morgan fingerprint density at radius 2 is 1.84 bits per heavy atom. The van der Waals surface area contributed by atoms with Gasteiger partial charge in [-0.3, -0.25) is 10.1 Å². The number of hydrogen-bond donors (Lipinski definition) is 1. The fraction of sp³-hybridized carbons (Fsp3) is 0.500. The summed E-state index contributed by atoms with van der Waals surface area (Å²) in [6, 6.07) is 5.30. The summed E-state index contributed by atoms with van der Waals surface area (Å²) in [4.78, 5) is 10.1. The molecule has 0 unspecified atom stereocenters. The molecule has 106 valence electrons. The molecule has 0 amide bonds. The normalized spacial score (nSPS) is 11.7. The average molecular weight is 286 g/mol. The first-order valence-electron chi connectivity index (χ1n) is 6.03. The van der Waals surface area contributed by atoms with E-state index in [1.54, 1.807) is 0 Å². The molecule has 1 aromatic carbocycles. The summed E-state index contributed by atoms with van der Waals surface area (Å²) in [5.74, 6) is 0.0323. The number of benzene rings is 1. The second kappa shape index (κ2) is 6.63.